The van der Waals surface area contributed by atoms with E-state index >= 15 is 0 Å². The zero-order valence-electron chi connectivity index (χ0n) is 8.44. The van der Waals surface area contributed by atoms with E-state index < -0.39 is 17.3 Å². The van der Waals surface area contributed by atoms with Crippen molar-refractivity contribution in [2.24, 2.45) is 0 Å². The van der Waals surface area contributed by atoms with Crippen LogP contribution in [0, 0.1) is 5.82 Å². The Kier molecular flexibility index (Phi) is 4.57. The summed E-state index contributed by atoms with van der Waals surface area (Å²) in [5, 5.41) is 17.2. The topological polar surface area (TPSA) is 83.6 Å². The van der Waals surface area contributed by atoms with E-state index in [0.29, 0.717) is 17.1 Å². The fourth-order valence-electron chi connectivity index (χ4n) is 1.11. The summed E-state index contributed by atoms with van der Waals surface area (Å²) in [7, 11) is 0. The molecule has 0 aliphatic carbocycles. The summed E-state index contributed by atoms with van der Waals surface area (Å²) in [6.07, 6.45) is 0.576. The number of aliphatic hydroxyl groups is 1. The highest BCUT2D eigenvalue weighted by Crippen LogP contribution is 2.28. The molecule has 1 rings (SSSR count). The Hall–Kier alpha value is -1.27. The Morgan fingerprint density at radius 2 is 2.19 bits per heavy atom. The average molecular weight is 245 g/mol. The molecule has 0 unspecified atom stereocenters. The van der Waals surface area contributed by atoms with Gasteiger partial charge < -0.3 is 15.9 Å². The van der Waals surface area contributed by atoms with E-state index in [9.17, 15) is 9.18 Å². The number of aliphatic hydroxyl groups excluding tert-OH is 1. The largest absolute Gasteiger partial charge is 0.478 e. The van der Waals surface area contributed by atoms with Crippen molar-refractivity contribution in [3.05, 3.63) is 23.5 Å². The van der Waals surface area contributed by atoms with Gasteiger partial charge in [0.05, 0.1) is 5.56 Å². The molecule has 0 fully saturated rings. The Morgan fingerprint density at radius 1 is 1.50 bits per heavy atom. The third-order valence-corrected chi connectivity index (χ3v) is 3.05. The second-order valence-electron chi connectivity index (χ2n) is 3.10. The van der Waals surface area contributed by atoms with Gasteiger partial charge in [0.2, 0.25) is 0 Å². The van der Waals surface area contributed by atoms with Crippen molar-refractivity contribution in [2.45, 2.75) is 11.3 Å². The maximum absolute atomic E-state index is 13.3. The Morgan fingerprint density at radius 3 is 2.75 bits per heavy atom. The van der Waals surface area contributed by atoms with E-state index in [0.717, 1.165) is 12.1 Å². The third-order valence-electron chi connectivity index (χ3n) is 1.89. The monoisotopic (exact) mass is 245 g/mol. The first-order chi connectivity index (χ1) is 7.56. The number of nitrogens with two attached hydrogens (primary N) is 1. The van der Waals surface area contributed by atoms with Crippen LogP contribution in [0.4, 0.5) is 10.1 Å². The molecule has 1 aromatic rings. The molecule has 0 aromatic heterocycles. The van der Waals surface area contributed by atoms with Crippen molar-refractivity contribution in [1.82, 2.24) is 0 Å². The molecule has 4 N–H and O–H groups in total. The molecule has 0 aliphatic heterocycles. The van der Waals surface area contributed by atoms with Crippen LogP contribution in [0.2, 0.25) is 0 Å². The van der Waals surface area contributed by atoms with Gasteiger partial charge in [-0.15, -0.1) is 11.8 Å². The van der Waals surface area contributed by atoms with E-state index in [4.69, 9.17) is 15.9 Å². The lowest BCUT2D eigenvalue weighted by Crippen LogP contribution is -2.03. The van der Waals surface area contributed by atoms with Gasteiger partial charge in [-0.2, -0.15) is 0 Å². The van der Waals surface area contributed by atoms with Crippen LogP contribution in [0.3, 0.4) is 0 Å². The second-order valence-corrected chi connectivity index (χ2v) is 4.24. The summed E-state index contributed by atoms with van der Waals surface area (Å²) in [6, 6.07) is 2.22. The first-order valence-corrected chi connectivity index (χ1v) is 5.60. The number of carbonyl (C=O) groups is 1. The van der Waals surface area contributed by atoms with Gasteiger partial charge >= 0.3 is 5.97 Å². The van der Waals surface area contributed by atoms with E-state index in [-0.39, 0.29) is 12.3 Å². The lowest BCUT2D eigenvalue weighted by molar-refractivity contribution is 0.0692. The van der Waals surface area contributed by atoms with Crippen molar-refractivity contribution in [1.29, 1.82) is 0 Å². The molecule has 16 heavy (non-hydrogen) atoms. The Labute approximate surface area is 96.3 Å². The maximum Gasteiger partial charge on any atom is 0.338 e. The summed E-state index contributed by atoms with van der Waals surface area (Å²) in [5.41, 5.74) is 5.41. The van der Waals surface area contributed by atoms with Crippen molar-refractivity contribution < 1.29 is 19.4 Å². The van der Waals surface area contributed by atoms with Gasteiger partial charge in [-0.1, -0.05) is 0 Å². The maximum atomic E-state index is 13.3. The quantitative estimate of drug-likeness (QED) is 0.417. The third kappa shape index (κ3) is 3.11. The minimum absolute atomic E-state index is 0.0581. The summed E-state index contributed by atoms with van der Waals surface area (Å²) in [6.45, 7) is 0.0581. The molecule has 0 bridgehead atoms. The van der Waals surface area contributed by atoms with Crippen molar-refractivity contribution >= 4 is 23.4 Å². The van der Waals surface area contributed by atoms with Crippen LogP contribution in [-0.2, 0) is 0 Å². The van der Waals surface area contributed by atoms with Gasteiger partial charge in [-0.25, -0.2) is 9.18 Å². The number of benzene rings is 1. The number of nitrogen functional groups attached to an aromatic ring is 1. The molecule has 1 aromatic carbocycles. The number of hydrogen-bond acceptors (Lipinski definition) is 4. The van der Waals surface area contributed by atoms with Gasteiger partial charge in [0, 0.05) is 22.9 Å². The van der Waals surface area contributed by atoms with Crippen LogP contribution < -0.4 is 5.73 Å². The van der Waals surface area contributed by atoms with Crippen molar-refractivity contribution in [2.75, 3.05) is 18.1 Å². The second kappa shape index (κ2) is 5.72. The van der Waals surface area contributed by atoms with E-state index in [1.807, 2.05) is 0 Å². The lowest BCUT2D eigenvalue weighted by atomic mass is 10.2. The zero-order valence-corrected chi connectivity index (χ0v) is 9.26. The lowest BCUT2D eigenvalue weighted by Gasteiger charge is -2.07. The van der Waals surface area contributed by atoms with Crippen LogP contribution in [0.15, 0.2) is 17.0 Å². The summed E-state index contributed by atoms with van der Waals surface area (Å²) in [5.74, 6) is -1.53. The van der Waals surface area contributed by atoms with E-state index in [2.05, 4.69) is 0 Å². The Bertz CT molecular complexity index is 398. The number of aromatic carboxylic acids is 1. The highest BCUT2D eigenvalue weighted by molar-refractivity contribution is 7.99. The van der Waals surface area contributed by atoms with Crippen molar-refractivity contribution in [3.63, 3.8) is 0 Å². The molecule has 4 nitrogen and oxygen atoms in total. The van der Waals surface area contributed by atoms with Gasteiger partial charge in [0.15, 0.2) is 0 Å². The fraction of sp³-hybridized carbons (Fsp3) is 0.300. The zero-order chi connectivity index (χ0) is 12.1. The predicted octanol–water partition coefficient (Wildman–Crippen LogP) is 1.58. The molecular weight excluding hydrogens is 233 g/mol. The average Bonchev–Trinajstić information content (AvgIpc) is 2.22. The first-order valence-electron chi connectivity index (χ1n) is 4.62. The molecule has 0 amide bonds. The predicted molar refractivity (Wildman–Crippen MR) is 60.2 cm³/mol. The van der Waals surface area contributed by atoms with Gasteiger partial charge in [0.1, 0.15) is 5.82 Å². The minimum atomic E-state index is -1.34. The molecule has 0 saturated heterocycles. The number of carboxylic acids is 1. The van der Waals surface area contributed by atoms with Crippen molar-refractivity contribution in [3.8, 4) is 0 Å². The van der Waals surface area contributed by atoms with Gasteiger partial charge in [-0.05, 0) is 18.6 Å². The van der Waals surface area contributed by atoms with Gasteiger partial charge in [0.25, 0.3) is 0 Å². The number of hydrogen-bond donors (Lipinski definition) is 3. The first kappa shape index (κ1) is 12.8. The summed E-state index contributed by atoms with van der Waals surface area (Å²) in [4.78, 5) is 11.1. The normalized spacial score (nSPS) is 10.4. The van der Waals surface area contributed by atoms with Crippen LogP contribution >= 0.6 is 11.8 Å². The molecule has 6 heteroatoms. The molecule has 88 valence electrons. The SMILES string of the molecule is Nc1cc(C(=O)O)c(F)cc1SCCCO. The molecule has 0 radical (unpaired) electrons. The molecule has 0 aliphatic rings. The number of anilines is 1. The molecule has 0 atom stereocenters. The highest BCUT2D eigenvalue weighted by atomic mass is 32.2. The molecule has 0 heterocycles. The van der Waals surface area contributed by atoms with Crippen LogP contribution in [0.25, 0.3) is 0 Å². The molecule has 0 saturated carbocycles. The summed E-state index contributed by atoms with van der Waals surface area (Å²) < 4.78 is 13.3. The number of carboxylic acid groups (broad SMARTS) is 1. The molecular formula is C10H12FNO3S. The Balaban J connectivity index is 2.88. The standard InChI is InChI=1S/C10H12FNO3S/c11-7-5-9(16-3-1-2-13)8(12)4-6(7)10(14)15/h4-5,13H,1-3,12H2,(H,14,15). The van der Waals surface area contributed by atoms with Crippen LogP contribution in [-0.4, -0.2) is 28.5 Å². The highest BCUT2D eigenvalue weighted by Gasteiger charge is 2.13. The van der Waals surface area contributed by atoms with Crippen LogP contribution in [0.5, 0.6) is 0 Å². The van der Waals surface area contributed by atoms with Gasteiger partial charge in [-0.3, -0.25) is 0 Å². The van der Waals surface area contributed by atoms with E-state index in [1.54, 1.807) is 0 Å². The van der Waals surface area contributed by atoms with Crippen LogP contribution in [0.1, 0.15) is 16.8 Å². The minimum Gasteiger partial charge on any atom is -0.478 e. The smallest absolute Gasteiger partial charge is 0.338 e. The van der Waals surface area contributed by atoms with E-state index in [1.165, 1.54) is 11.8 Å². The summed E-state index contributed by atoms with van der Waals surface area (Å²) >= 11 is 1.29. The molecule has 0 spiro atoms. The number of thioether (sulfide) groups is 1. The fourth-order valence-corrected chi connectivity index (χ4v) is 2.01. The number of rotatable bonds is 5. The number of halogens is 1.